The van der Waals surface area contributed by atoms with Gasteiger partial charge in [-0.2, -0.15) is 0 Å². The van der Waals surface area contributed by atoms with E-state index in [4.69, 9.17) is 5.73 Å². The molecule has 1 rings (SSSR count). The van der Waals surface area contributed by atoms with Crippen LogP contribution in [0.2, 0.25) is 0 Å². The van der Waals surface area contributed by atoms with Gasteiger partial charge in [-0.25, -0.2) is 0 Å². The van der Waals surface area contributed by atoms with Crippen molar-refractivity contribution < 1.29 is 4.79 Å². The van der Waals surface area contributed by atoms with Crippen LogP contribution in [0.3, 0.4) is 0 Å². The molecule has 0 fully saturated rings. The lowest BCUT2D eigenvalue weighted by molar-refractivity contribution is -0.119. The fourth-order valence-corrected chi connectivity index (χ4v) is 1.86. The number of nitrogens with one attached hydrogen (secondary N) is 1. The van der Waals surface area contributed by atoms with Gasteiger partial charge in [-0.1, -0.05) is 31.5 Å². The Morgan fingerprint density at radius 1 is 1.39 bits per heavy atom. The van der Waals surface area contributed by atoms with Crippen LogP contribution in [0.5, 0.6) is 0 Å². The minimum atomic E-state index is -0.318. The van der Waals surface area contributed by atoms with Crippen LogP contribution in [0.15, 0.2) is 30.3 Å². The van der Waals surface area contributed by atoms with Crippen LogP contribution in [-0.2, 0) is 4.79 Å². The SMILES string of the molecule is CCCCN(CC(NC)C(N)=O)c1ccccc1. The standard InChI is InChI=1S/C14H23N3O/c1-3-4-10-17(11-13(16-2)14(15)18)12-8-6-5-7-9-12/h5-9,13,16H,3-4,10-11H2,1-2H3,(H2,15,18). The summed E-state index contributed by atoms with van der Waals surface area (Å²) in [5, 5.41) is 2.96. The maximum Gasteiger partial charge on any atom is 0.236 e. The van der Waals surface area contributed by atoms with Gasteiger partial charge >= 0.3 is 0 Å². The maximum absolute atomic E-state index is 11.3. The first-order valence-corrected chi connectivity index (χ1v) is 6.45. The minimum Gasteiger partial charge on any atom is -0.369 e. The number of hydrogen-bond acceptors (Lipinski definition) is 3. The van der Waals surface area contributed by atoms with Crippen molar-refractivity contribution in [2.75, 3.05) is 25.0 Å². The molecule has 4 nitrogen and oxygen atoms in total. The molecule has 0 aliphatic carbocycles. The van der Waals surface area contributed by atoms with Crippen molar-refractivity contribution >= 4 is 11.6 Å². The Bertz CT molecular complexity index is 353. The molecule has 0 saturated heterocycles. The van der Waals surface area contributed by atoms with E-state index in [9.17, 15) is 4.79 Å². The fourth-order valence-electron chi connectivity index (χ4n) is 1.86. The van der Waals surface area contributed by atoms with Gasteiger partial charge in [0, 0.05) is 18.8 Å². The van der Waals surface area contributed by atoms with Crippen molar-refractivity contribution in [2.24, 2.45) is 5.73 Å². The molecule has 0 aromatic heterocycles. The lowest BCUT2D eigenvalue weighted by atomic mass is 10.2. The Kier molecular flexibility index (Phi) is 6.22. The predicted molar refractivity (Wildman–Crippen MR) is 75.6 cm³/mol. The summed E-state index contributed by atoms with van der Waals surface area (Å²) in [6.07, 6.45) is 2.23. The zero-order valence-electron chi connectivity index (χ0n) is 11.2. The van der Waals surface area contributed by atoms with E-state index in [1.165, 1.54) is 0 Å². The number of likely N-dealkylation sites (N-methyl/N-ethyl adjacent to an activating group) is 1. The molecule has 1 aromatic carbocycles. The topological polar surface area (TPSA) is 58.4 Å². The Morgan fingerprint density at radius 3 is 2.56 bits per heavy atom. The van der Waals surface area contributed by atoms with Gasteiger partial charge in [0.05, 0.1) is 0 Å². The monoisotopic (exact) mass is 249 g/mol. The van der Waals surface area contributed by atoms with Gasteiger partial charge in [-0.3, -0.25) is 4.79 Å². The summed E-state index contributed by atoms with van der Waals surface area (Å²) >= 11 is 0. The molecule has 1 aromatic rings. The highest BCUT2D eigenvalue weighted by Crippen LogP contribution is 2.14. The second-order valence-electron chi connectivity index (χ2n) is 4.38. The molecule has 0 saturated carbocycles. The number of nitrogens with zero attached hydrogens (tertiary/aromatic N) is 1. The Morgan fingerprint density at radius 2 is 2.06 bits per heavy atom. The molecule has 0 aliphatic rings. The Labute approximate surface area is 109 Å². The fraction of sp³-hybridized carbons (Fsp3) is 0.500. The molecule has 1 unspecified atom stereocenters. The Hall–Kier alpha value is -1.55. The zero-order chi connectivity index (χ0) is 13.4. The third-order valence-electron chi connectivity index (χ3n) is 3.00. The highest BCUT2D eigenvalue weighted by atomic mass is 16.1. The molecule has 3 N–H and O–H groups in total. The van der Waals surface area contributed by atoms with Crippen LogP contribution in [-0.4, -0.2) is 32.1 Å². The largest absolute Gasteiger partial charge is 0.369 e. The summed E-state index contributed by atoms with van der Waals surface area (Å²) in [5.41, 5.74) is 6.51. The quantitative estimate of drug-likeness (QED) is 0.731. The van der Waals surface area contributed by atoms with Gasteiger partial charge < -0.3 is 16.0 Å². The number of primary amides is 1. The normalized spacial score (nSPS) is 12.1. The van der Waals surface area contributed by atoms with Crippen LogP contribution in [0.25, 0.3) is 0 Å². The van der Waals surface area contributed by atoms with Gasteiger partial charge in [-0.05, 0) is 25.6 Å². The van der Waals surface area contributed by atoms with E-state index >= 15 is 0 Å². The number of amides is 1. The van der Waals surface area contributed by atoms with E-state index in [-0.39, 0.29) is 11.9 Å². The molecule has 100 valence electrons. The highest BCUT2D eigenvalue weighted by Gasteiger charge is 2.17. The molecule has 0 heterocycles. The van der Waals surface area contributed by atoms with Crippen LogP contribution < -0.4 is 16.0 Å². The number of anilines is 1. The summed E-state index contributed by atoms with van der Waals surface area (Å²) in [7, 11) is 1.76. The number of carbonyl (C=O) groups is 1. The van der Waals surface area contributed by atoms with Gasteiger partial charge in [0.15, 0.2) is 0 Å². The van der Waals surface area contributed by atoms with Crippen LogP contribution in [0, 0.1) is 0 Å². The maximum atomic E-state index is 11.3. The number of nitrogens with two attached hydrogens (primary N) is 1. The van der Waals surface area contributed by atoms with E-state index in [2.05, 4.69) is 29.3 Å². The smallest absolute Gasteiger partial charge is 0.236 e. The van der Waals surface area contributed by atoms with Gasteiger partial charge in [0.1, 0.15) is 6.04 Å². The molecule has 4 heteroatoms. The molecular formula is C14H23N3O. The second kappa shape index (κ2) is 7.71. The van der Waals surface area contributed by atoms with Crippen molar-refractivity contribution in [2.45, 2.75) is 25.8 Å². The molecule has 0 aliphatic heterocycles. The van der Waals surface area contributed by atoms with Crippen molar-refractivity contribution in [3.8, 4) is 0 Å². The number of hydrogen-bond donors (Lipinski definition) is 2. The molecule has 0 bridgehead atoms. The van der Waals surface area contributed by atoms with E-state index in [1.54, 1.807) is 7.05 Å². The average molecular weight is 249 g/mol. The summed E-state index contributed by atoms with van der Waals surface area (Å²) in [4.78, 5) is 13.5. The van der Waals surface area contributed by atoms with Gasteiger partial charge in [-0.15, -0.1) is 0 Å². The summed E-state index contributed by atoms with van der Waals surface area (Å²) < 4.78 is 0. The average Bonchev–Trinajstić information content (AvgIpc) is 2.39. The van der Waals surface area contributed by atoms with Crippen molar-refractivity contribution in [3.63, 3.8) is 0 Å². The van der Waals surface area contributed by atoms with Crippen molar-refractivity contribution in [3.05, 3.63) is 30.3 Å². The summed E-state index contributed by atoms with van der Waals surface area (Å²) in [5.74, 6) is -0.310. The first-order valence-electron chi connectivity index (χ1n) is 6.45. The molecule has 18 heavy (non-hydrogen) atoms. The Balaban J connectivity index is 2.75. The van der Waals surface area contributed by atoms with E-state index in [0.29, 0.717) is 6.54 Å². The lowest BCUT2D eigenvalue weighted by Gasteiger charge is -2.28. The predicted octanol–water partition coefficient (Wildman–Crippen LogP) is 1.37. The van der Waals surface area contributed by atoms with Crippen LogP contribution >= 0.6 is 0 Å². The number of carbonyl (C=O) groups excluding carboxylic acids is 1. The number of benzene rings is 1. The summed E-state index contributed by atoms with van der Waals surface area (Å²) in [6.45, 7) is 3.70. The van der Waals surface area contributed by atoms with Crippen LogP contribution in [0.1, 0.15) is 19.8 Å². The molecular weight excluding hydrogens is 226 g/mol. The molecule has 0 spiro atoms. The van der Waals surface area contributed by atoms with Gasteiger partial charge in [0.25, 0.3) is 0 Å². The van der Waals surface area contributed by atoms with E-state index in [0.717, 1.165) is 25.1 Å². The number of unbranched alkanes of at least 4 members (excludes halogenated alkanes) is 1. The van der Waals surface area contributed by atoms with Crippen LogP contribution in [0.4, 0.5) is 5.69 Å². The third-order valence-corrected chi connectivity index (χ3v) is 3.00. The van der Waals surface area contributed by atoms with Crippen molar-refractivity contribution in [1.29, 1.82) is 0 Å². The van der Waals surface area contributed by atoms with E-state index in [1.807, 2.05) is 18.2 Å². The van der Waals surface area contributed by atoms with E-state index < -0.39 is 0 Å². The van der Waals surface area contributed by atoms with Gasteiger partial charge in [0.2, 0.25) is 5.91 Å². The minimum absolute atomic E-state index is 0.310. The first kappa shape index (κ1) is 14.5. The molecule has 1 amide bonds. The van der Waals surface area contributed by atoms with Crippen molar-refractivity contribution in [1.82, 2.24) is 5.32 Å². The zero-order valence-corrected chi connectivity index (χ0v) is 11.2. The highest BCUT2D eigenvalue weighted by molar-refractivity contribution is 5.80. The lowest BCUT2D eigenvalue weighted by Crippen LogP contribution is -2.48. The number of rotatable bonds is 8. The third kappa shape index (κ3) is 4.37. The molecule has 0 radical (unpaired) electrons. The second-order valence-corrected chi connectivity index (χ2v) is 4.38. The number of para-hydroxylation sites is 1. The summed E-state index contributed by atoms with van der Waals surface area (Å²) in [6, 6.07) is 9.81. The first-order chi connectivity index (χ1) is 8.69. The molecule has 1 atom stereocenters.